The number of piperidine rings is 1. The van der Waals surface area contributed by atoms with Crippen molar-refractivity contribution in [2.75, 3.05) is 31.6 Å². The van der Waals surface area contributed by atoms with E-state index in [9.17, 15) is 13.2 Å². The molecule has 1 N–H and O–H groups in total. The van der Waals surface area contributed by atoms with Gasteiger partial charge in [-0.3, -0.25) is 0 Å². The van der Waals surface area contributed by atoms with E-state index in [-0.39, 0.29) is 18.0 Å². The Morgan fingerprint density at radius 2 is 1.93 bits per heavy atom. The molecule has 0 radical (unpaired) electrons. The highest BCUT2D eigenvalue weighted by atomic mass is 19.4. The van der Waals surface area contributed by atoms with Crippen LogP contribution in [-0.4, -0.2) is 47.2 Å². The summed E-state index contributed by atoms with van der Waals surface area (Å²) in [5.74, 6) is 0.227. The average Bonchev–Trinajstić information content (AvgIpc) is 2.69. The van der Waals surface area contributed by atoms with Gasteiger partial charge in [0.25, 0.3) is 0 Å². The predicted molar refractivity (Wildman–Crippen MR) is 99.0 cm³/mol. The number of nitrogens with zero attached hydrogens (tertiary/aromatic N) is 3. The van der Waals surface area contributed by atoms with Gasteiger partial charge in [0.15, 0.2) is 0 Å². The Morgan fingerprint density at radius 1 is 1.14 bits per heavy atom. The number of halogens is 3. The monoisotopic (exact) mass is 392 g/mol. The molecule has 0 bridgehead atoms. The van der Waals surface area contributed by atoms with Crippen molar-refractivity contribution in [2.45, 2.75) is 37.6 Å². The Labute approximate surface area is 161 Å². The molecule has 0 spiro atoms. The maximum atomic E-state index is 12.8. The van der Waals surface area contributed by atoms with Crippen LogP contribution in [0.25, 0.3) is 0 Å². The number of anilines is 1. The summed E-state index contributed by atoms with van der Waals surface area (Å²) in [6.07, 6.45) is -0.764. The largest absolute Gasteiger partial charge is 0.433 e. The van der Waals surface area contributed by atoms with Gasteiger partial charge in [-0.1, -0.05) is 24.3 Å². The highest BCUT2D eigenvalue weighted by molar-refractivity contribution is 5.37. The molecule has 2 aliphatic heterocycles. The fraction of sp³-hybridized carbons (Fsp3) is 0.500. The van der Waals surface area contributed by atoms with Gasteiger partial charge in [0.1, 0.15) is 17.8 Å². The molecule has 1 aromatic carbocycles. The summed E-state index contributed by atoms with van der Waals surface area (Å²) >= 11 is 0. The molecule has 2 aliphatic rings. The molecule has 1 saturated heterocycles. The van der Waals surface area contributed by atoms with E-state index in [2.05, 4.69) is 38.4 Å². The van der Waals surface area contributed by atoms with Crippen LogP contribution < -0.4 is 5.32 Å². The molecule has 150 valence electrons. The van der Waals surface area contributed by atoms with Gasteiger partial charge in [-0.05, 0) is 30.4 Å². The summed E-state index contributed by atoms with van der Waals surface area (Å²) < 4.78 is 44.4. The molecule has 1 atom stereocenters. The second kappa shape index (κ2) is 8.05. The third-order valence-electron chi connectivity index (χ3n) is 5.41. The first-order valence-corrected chi connectivity index (χ1v) is 9.56. The molecule has 0 amide bonds. The van der Waals surface area contributed by atoms with E-state index < -0.39 is 11.9 Å². The van der Waals surface area contributed by atoms with Gasteiger partial charge in [0, 0.05) is 31.7 Å². The zero-order valence-electron chi connectivity index (χ0n) is 15.5. The lowest BCUT2D eigenvalue weighted by molar-refractivity contribution is -0.141. The molecule has 0 aliphatic carbocycles. The lowest BCUT2D eigenvalue weighted by atomic mass is 9.96. The van der Waals surface area contributed by atoms with Gasteiger partial charge in [0.05, 0.1) is 12.7 Å². The van der Waals surface area contributed by atoms with E-state index in [1.54, 1.807) is 0 Å². The minimum atomic E-state index is -4.46. The summed E-state index contributed by atoms with van der Waals surface area (Å²) in [5, 5.41) is 3.12. The summed E-state index contributed by atoms with van der Waals surface area (Å²) in [7, 11) is 0. The zero-order chi connectivity index (χ0) is 19.6. The van der Waals surface area contributed by atoms with Gasteiger partial charge >= 0.3 is 6.18 Å². The summed E-state index contributed by atoms with van der Waals surface area (Å²) in [6.45, 7) is 3.33. The SMILES string of the molecule is FC(F)(F)c1cc(NC2CCN(CC3OCCc4ccccc43)CC2)ncn1. The Kier molecular flexibility index (Phi) is 5.50. The zero-order valence-corrected chi connectivity index (χ0v) is 15.5. The van der Waals surface area contributed by atoms with Crippen LogP contribution in [0.1, 0.15) is 35.8 Å². The first-order valence-electron chi connectivity index (χ1n) is 9.56. The van der Waals surface area contributed by atoms with Gasteiger partial charge in [0.2, 0.25) is 0 Å². The third-order valence-corrected chi connectivity index (χ3v) is 5.41. The van der Waals surface area contributed by atoms with Crippen LogP contribution in [-0.2, 0) is 17.3 Å². The molecule has 5 nitrogen and oxygen atoms in total. The Bertz CT molecular complexity index is 806. The van der Waals surface area contributed by atoms with Crippen LogP contribution in [0.3, 0.4) is 0 Å². The smallest absolute Gasteiger partial charge is 0.372 e. The molecular weight excluding hydrogens is 369 g/mol. The lowest BCUT2D eigenvalue weighted by Gasteiger charge is -2.36. The normalized spacial score (nSPS) is 21.3. The highest BCUT2D eigenvalue weighted by Crippen LogP contribution is 2.30. The fourth-order valence-corrected chi connectivity index (χ4v) is 3.92. The minimum absolute atomic E-state index is 0.0886. The molecule has 1 aromatic heterocycles. The number of ether oxygens (including phenoxy) is 1. The molecule has 4 rings (SSSR count). The van der Waals surface area contributed by atoms with Crippen molar-refractivity contribution in [2.24, 2.45) is 0 Å². The topological polar surface area (TPSA) is 50.3 Å². The summed E-state index contributed by atoms with van der Waals surface area (Å²) in [5.41, 5.74) is 1.71. The Hall–Kier alpha value is -2.19. The van der Waals surface area contributed by atoms with Gasteiger partial charge < -0.3 is 15.0 Å². The quantitative estimate of drug-likeness (QED) is 0.860. The van der Waals surface area contributed by atoms with E-state index in [4.69, 9.17) is 4.74 Å². The van der Waals surface area contributed by atoms with Crippen molar-refractivity contribution in [3.63, 3.8) is 0 Å². The van der Waals surface area contributed by atoms with E-state index in [0.717, 1.165) is 57.9 Å². The lowest BCUT2D eigenvalue weighted by Crippen LogP contribution is -2.42. The van der Waals surface area contributed by atoms with Crippen molar-refractivity contribution in [1.29, 1.82) is 0 Å². The first kappa shape index (κ1) is 19.1. The van der Waals surface area contributed by atoms with Crippen LogP contribution in [0, 0.1) is 0 Å². The molecule has 3 heterocycles. The van der Waals surface area contributed by atoms with Crippen molar-refractivity contribution in [1.82, 2.24) is 14.9 Å². The number of aromatic nitrogens is 2. The molecule has 1 fully saturated rings. The Balaban J connectivity index is 1.31. The number of fused-ring (bicyclic) bond motifs is 1. The van der Waals surface area contributed by atoms with Gasteiger partial charge in [-0.25, -0.2) is 9.97 Å². The minimum Gasteiger partial charge on any atom is -0.372 e. The van der Waals surface area contributed by atoms with Crippen molar-refractivity contribution < 1.29 is 17.9 Å². The van der Waals surface area contributed by atoms with E-state index in [1.165, 1.54) is 11.1 Å². The van der Waals surface area contributed by atoms with Crippen molar-refractivity contribution in [3.8, 4) is 0 Å². The number of benzene rings is 1. The standard InChI is InChI=1S/C20H23F3N4O/c21-20(22,23)18-11-19(25-13-24-18)26-15-5-8-27(9-6-15)12-17-16-4-2-1-3-14(16)7-10-28-17/h1-4,11,13,15,17H,5-10,12H2,(H,24,25,26). The third kappa shape index (κ3) is 4.44. The maximum absolute atomic E-state index is 12.8. The van der Waals surface area contributed by atoms with Crippen LogP contribution >= 0.6 is 0 Å². The number of likely N-dealkylation sites (tertiary alicyclic amines) is 1. The number of nitrogens with one attached hydrogen (secondary N) is 1. The van der Waals surface area contributed by atoms with Gasteiger partial charge in [-0.2, -0.15) is 13.2 Å². The van der Waals surface area contributed by atoms with E-state index in [0.29, 0.717) is 0 Å². The number of rotatable bonds is 4. The number of alkyl halides is 3. The predicted octanol–water partition coefficient (Wildman–Crippen LogP) is 3.69. The summed E-state index contributed by atoms with van der Waals surface area (Å²) in [6, 6.07) is 9.49. The van der Waals surface area contributed by atoms with E-state index >= 15 is 0 Å². The highest BCUT2D eigenvalue weighted by Gasteiger charge is 2.33. The fourth-order valence-electron chi connectivity index (χ4n) is 3.92. The maximum Gasteiger partial charge on any atom is 0.433 e. The van der Waals surface area contributed by atoms with E-state index in [1.807, 2.05) is 6.07 Å². The van der Waals surface area contributed by atoms with Crippen molar-refractivity contribution in [3.05, 3.63) is 53.5 Å². The molecular formula is C20H23F3N4O. The molecule has 0 saturated carbocycles. The number of hydrogen-bond donors (Lipinski definition) is 1. The number of hydrogen-bond acceptors (Lipinski definition) is 5. The first-order chi connectivity index (χ1) is 13.5. The van der Waals surface area contributed by atoms with Crippen LogP contribution in [0.5, 0.6) is 0 Å². The molecule has 8 heteroatoms. The molecule has 28 heavy (non-hydrogen) atoms. The molecule has 2 aromatic rings. The molecule has 1 unspecified atom stereocenters. The Morgan fingerprint density at radius 3 is 2.71 bits per heavy atom. The van der Waals surface area contributed by atoms with Gasteiger partial charge in [-0.15, -0.1) is 0 Å². The second-order valence-electron chi connectivity index (χ2n) is 7.31. The summed E-state index contributed by atoms with van der Waals surface area (Å²) in [4.78, 5) is 9.60. The second-order valence-corrected chi connectivity index (χ2v) is 7.31. The van der Waals surface area contributed by atoms with Crippen LogP contribution in [0.4, 0.5) is 19.0 Å². The van der Waals surface area contributed by atoms with Crippen LogP contribution in [0.2, 0.25) is 0 Å². The average molecular weight is 392 g/mol. The van der Waals surface area contributed by atoms with Crippen LogP contribution in [0.15, 0.2) is 36.7 Å². The van der Waals surface area contributed by atoms with Crippen molar-refractivity contribution >= 4 is 5.82 Å².